The van der Waals surface area contributed by atoms with Crippen molar-refractivity contribution in [3.05, 3.63) is 29.8 Å². The van der Waals surface area contributed by atoms with Gasteiger partial charge in [0.05, 0.1) is 7.11 Å². The summed E-state index contributed by atoms with van der Waals surface area (Å²) in [6.07, 6.45) is 0. The van der Waals surface area contributed by atoms with Crippen molar-refractivity contribution >= 4 is 16.7 Å². The number of hydrogen-bond acceptors (Lipinski definition) is 3. The van der Waals surface area contributed by atoms with Gasteiger partial charge in [-0.1, -0.05) is 26.0 Å². The summed E-state index contributed by atoms with van der Waals surface area (Å²) >= 11 is 0. The molecule has 0 fully saturated rings. The number of para-hydroxylation sites is 1. The number of rotatable bonds is 2. The Bertz CT molecular complexity index is 521. The monoisotopic (exact) mass is 216 g/mol. The zero-order chi connectivity index (χ0) is 11.7. The van der Waals surface area contributed by atoms with Crippen LogP contribution < -0.4 is 10.5 Å². The molecule has 2 N–H and O–H groups in total. The standard InChI is InChI=1S/C13H16N2O/c1-8(2)10-7-9-5-4-6-11(16-3)12(9)15-13(10)14/h4-8H,1-3H3,(H2,14,15). The predicted molar refractivity (Wildman–Crippen MR) is 66.8 cm³/mol. The minimum absolute atomic E-state index is 0.378. The van der Waals surface area contributed by atoms with Crippen LogP contribution >= 0.6 is 0 Å². The lowest BCUT2D eigenvalue weighted by molar-refractivity contribution is 0.419. The van der Waals surface area contributed by atoms with Crippen LogP contribution in [0.25, 0.3) is 10.9 Å². The van der Waals surface area contributed by atoms with Crippen LogP contribution in [-0.4, -0.2) is 12.1 Å². The molecule has 0 saturated carbocycles. The number of nitrogens with two attached hydrogens (primary N) is 1. The molecule has 3 nitrogen and oxygen atoms in total. The third-order valence-corrected chi connectivity index (χ3v) is 2.71. The van der Waals surface area contributed by atoms with E-state index in [0.29, 0.717) is 11.7 Å². The van der Waals surface area contributed by atoms with E-state index in [1.165, 1.54) is 0 Å². The third-order valence-electron chi connectivity index (χ3n) is 2.71. The lowest BCUT2D eigenvalue weighted by Crippen LogP contribution is -2.00. The van der Waals surface area contributed by atoms with E-state index >= 15 is 0 Å². The highest BCUT2D eigenvalue weighted by molar-refractivity contribution is 5.86. The first-order valence-corrected chi connectivity index (χ1v) is 5.36. The van der Waals surface area contributed by atoms with Gasteiger partial charge in [-0.15, -0.1) is 0 Å². The van der Waals surface area contributed by atoms with Gasteiger partial charge < -0.3 is 10.5 Å². The van der Waals surface area contributed by atoms with Gasteiger partial charge in [-0.05, 0) is 23.6 Å². The van der Waals surface area contributed by atoms with Gasteiger partial charge in [-0.3, -0.25) is 0 Å². The van der Waals surface area contributed by atoms with E-state index in [2.05, 4.69) is 24.9 Å². The van der Waals surface area contributed by atoms with Crippen molar-refractivity contribution in [2.45, 2.75) is 19.8 Å². The van der Waals surface area contributed by atoms with Crippen molar-refractivity contribution in [3.63, 3.8) is 0 Å². The second-order valence-corrected chi connectivity index (χ2v) is 4.15. The van der Waals surface area contributed by atoms with Crippen molar-refractivity contribution in [3.8, 4) is 5.75 Å². The number of anilines is 1. The van der Waals surface area contributed by atoms with Crippen molar-refractivity contribution < 1.29 is 4.74 Å². The molecular formula is C13H16N2O. The Kier molecular flexibility index (Phi) is 2.69. The lowest BCUT2D eigenvalue weighted by Gasteiger charge is -2.11. The number of nitrogen functional groups attached to an aromatic ring is 1. The molecule has 0 atom stereocenters. The number of nitrogens with zero attached hydrogens (tertiary/aromatic N) is 1. The fourth-order valence-corrected chi connectivity index (χ4v) is 1.83. The van der Waals surface area contributed by atoms with Crippen LogP contribution in [0.15, 0.2) is 24.3 Å². The molecule has 0 radical (unpaired) electrons. The number of fused-ring (bicyclic) bond motifs is 1. The molecule has 0 aliphatic carbocycles. The van der Waals surface area contributed by atoms with Crippen LogP contribution in [0.2, 0.25) is 0 Å². The molecule has 0 spiro atoms. The van der Waals surface area contributed by atoms with E-state index in [4.69, 9.17) is 10.5 Å². The number of hydrogen-bond donors (Lipinski definition) is 1. The molecule has 16 heavy (non-hydrogen) atoms. The van der Waals surface area contributed by atoms with Crippen LogP contribution in [-0.2, 0) is 0 Å². The fraction of sp³-hybridized carbons (Fsp3) is 0.308. The van der Waals surface area contributed by atoms with Gasteiger partial charge >= 0.3 is 0 Å². The number of aromatic nitrogens is 1. The average molecular weight is 216 g/mol. The van der Waals surface area contributed by atoms with E-state index < -0.39 is 0 Å². The first-order valence-electron chi connectivity index (χ1n) is 5.36. The van der Waals surface area contributed by atoms with E-state index in [0.717, 1.165) is 22.2 Å². The van der Waals surface area contributed by atoms with Crippen molar-refractivity contribution in [1.82, 2.24) is 4.98 Å². The lowest BCUT2D eigenvalue weighted by atomic mass is 10.0. The molecule has 2 rings (SSSR count). The molecule has 0 bridgehead atoms. The zero-order valence-electron chi connectivity index (χ0n) is 9.82. The molecule has 0 amide bonds. The Morgan fingerprint density at radius 2 is 2.06 bits per heavy atom. The van der Waals surface area contributed by atoms with Gasteiger partial charge in [0.15, 0.2) is 0 Å². The maximum atomic E-state index is 5.94. The summed E-state index contributed by atoms with van der Waals surface area (Å²) < 4.78 is 5.26. The van der Waals surface area contributed by atoms with Crippen molar-refractivity contribution in [2.24, 2.45) is 0 Å². The van der Waals surface area contributed by atoms with E-state index in [-0.39, 0.29) is 0 Å². The maximum absolute atomic E-state index is 5.94. The molecule has 0 saturated heterocycles. The molecule has 0 unspecified atom stereocenters. The van der Waals surface area contributed by atoms with E-state index in [1.807, 2.05) is 18.2 Å². The Balaban J connectivity index is 2.73. The summed E-state index contributed by atoms with van der Waals surface area (Å²) in [5.41, 5.74) is 7.85. The largest absolute Gasteiger partial charge is 0.494 e. The highest BCUT2D eigenvalue weighted by atomic mass is 16.5. The third kappa shape index (κ3) is 1.69. The van der Waals surface area contributed by atoms with Crippen LogP contribution in [0.3, 0.4) is 0 Å². The number of ether oxygens (including phenoxy) is 1. The minimum Gasteiger partial charge on any atom is -0.494 e. The number of pyridine rings is 1. The Morgan fingerprint density at radius 3 is 2.69 bits per heavy atom. The molecule has 1 heterocycles. The SMILES string of the molecule is COc1cccc2cc(C(C)C)c(N)nc12. The molecule has 1 aromatic carbocycles. The van der Waals surface area contributed by atoms with Gasteiger partial charge in [-0.2, -0.15) is 0 Å². The minimum atomic E-state index is 0.378. The predicted octanol–water partition coefficient (Wildman–Crippen LogP) is 2.95. The summed E-state index contributed by atoms with van der Waals surface area (Å²) in [6, 6.07) is 7.97. The normalized spacial score (nSPS) is 11.0. The zero-order valence-corrected chi connectivity index (χ0v) is 9.82. The summed E-state index contributed by atoms with van der Waals surface area (Å²) in [7, 11) is 1.64. The first kappa shape index (κ1) is 10.7. The summed E-state index contributed by atoms with van der Waals surface area (Å²) in [5, 5.41) is 1.07. The summed E-state index contributed by atoms with van der Waals surface area (Å²) in [5.74, 6) is 1.73. The number of benzene rings is 1. The molecular weight excluding hydrogens is 200 g/mol. The summed E-state index contributed by atoms with van der Waals surface area (Å²) in [6.45, 7) is 4.22. The van der Waals surface area contributed by atoms with Gasteiger partial charge in [-0.25, -0.2) is 4.98 Å². The van der Waals surface area contributed by atoms with Gasteiger partial charge in [0.25, 0.3) is 0 Å². The van der Waals surface area contributed by atoms with Gasteiger partial charge in [0.2, 0.25) is 0 Å². The van der Waals surface area contributed by atoms with Crippen LogP contribution in [0.1, 0.15) is 25.3 Å². The molecule has 3 heteroatoms. The quantitative estimate of drug-likeness (QED) is 0.839. The smallest absolute Gasteiger partial charge is 0.145 e. The second-order valence-electron chi connectivity index (χ2n) is 4.15. The van der Waals surface area contributed by atoms with Gasteiger partial charge in [0, 0.05) is 5.39 Å². The van der Waals surface area contributed by atoms with E-state index in [1.54, 1.807) is 7.11 Å². The maximum Gasteiger partial charge on any atom is 0.145 e. The molecule has 0 aliphatic rings. The Labute approximate surface area is 95.2 Å². The van der Waals surface area contributed by atoms with Crippen LogP contribution in [0.5, 0.6) is 5.75 Å². The van der Waals surface area contributed by atoms with Crippen molar-refractivity contribution in [2.75, 3.05) is 12.8 Å². The van der Waals surface area contributed by atoms with Crippen LogP contribution in [0.4, 0.5) is 5.82 Å². The molecule has 2 aromatic rings. The highest BCUT2D eigenvalue weighted by Crippen LogP contribution is 2.29. The molecule has 0 aliphatic heterocycles. The first-order chi connectivity index (χ1) is 7.63. The van der Waals surface area contributed by atoms with E-state index in [9.17, 15) is 0 Å². The highest BCUT2D eigenvalue weighted by Gasteiger charge is 2.09. The van der Waals surface area contributed by atoms with Crippen LogP contribution in [0, 0.1) is 0 Å². The van der Waals surface area contributed by atoms with Crippen molar-refractivity contribution in [1.29, 1.82) is 0 Å². The molecule has 1 aromatic heterocycles. The second kappa shape index (κ2) is 4.00. The summed E-state index contributed by atoms with van der Waals surface area (Å²) in [4.78, 5) is 4.42. The topological polar surface area (TPSA) is 48.1 Å². The van der Waals surface area contributed by atoms with Gasteiger partial charge in [0.1, 0.15) is 17.1 Å². The number of methoxy groups -OCH3 is 1. The Hall–Kier alpha value is -1.77. The molecule has 84 valence electrons. The Morgan fingerprint density at radius 1 is 1.31 bits per heavy atom. The fourth-order valence-electron chi connectivity index (χ4n) is 1.83. The average Bonchev–Trinajstić information content (AvgIpc) is 2.27.